The Morgan fingerprint density at radius 3 is 2.46 bits per heavy atom. The Morgan fingerprint density at radius 1 is 1.12 bits per heavy atom. The fourth-order valence-corrected chi connectivity index (χ4v) is 5.73. The molecule has 1 aliphatic carbocycles. The number of aromatic nitrogens is 2. The molecule has 0 unspecified atom stereocenters. The van der Waals surface area contributed by atoms with Crippen molar-refractivity contribution in [2.75, 3.05) is 18.8 Å². The van der Waals surface area contributed by atoms with Gasteiger partial charge in [0.25, 0.3) is 5.56 Å². The molecule has 0 bridgehead atoms. The zero-order valence-corrected chi connectivity index (χ0v) is 22.4. The molecule has 3 aromatic rings. The Morgan fingerprint density at radius 2 is 1.80 bits per heavy atom. The SMILES string of the molecule is N#Cc1ccc(Oc2ncn(CC3(O)CCN(C(=O)[C@@H]4CCC(F)(F)C[C@H]4c4ccccc4)CC3)c(=O)c2N)cc1. The Hall–Kier alpha value is -4.30. The minimum absolute atomic E-state index is 0.0789. The molecule has 2 aromatic carbocycles. The molecule has 1 saturated heterocycles. The molecule has 1 aromatic heterocycles. The zero-order chi connectivity index (χ0) is 29.2. The minimum atomic E-state index is -2.81. The fourth-order valence-electron chi connectivity index (χ4n) is 5.73. The molecule has 3 N–H and O–H groups in total. The van der Waals surface area contributed by atoms with Crippen molar-refractivity contribution in [3.8, 4) is 17.7 Å². The zero-order valence-electron chi connectivity index (χ0n) is 22.4. The fraction of sp³-hybridized carbons (Fsp3) is 0.400. The third-order valence-electron chi connectivity index (χ3n) is 8.07. The van der Waals surface area contributed by atoms with Crippen LogP contribution in [0.3, 0.4) is 0 Å². The maximum Gasteiger partial charge on any atom is 0.280 e. The van der Waals surface area contributed by atoms with Gasteiger partial charge in [0, 0.05) is 37.8 Å². The number of anilines is 1. The Labute approximate surface area is 235 Å². The number of rotatable bonds is 6. The van der Waals surface area contributed by atoms with Crippen LogP contribution in [0, 0.1) is 17.2 Å². The first-order valence-corrected chi connectivity index (χ1v) is 13.5. The van der Waals surface area contributed by atoms with Crippen molar-refractivity contribution < 1.29 is 23.4 Å². The molecule has 1 saturated carbocycles. The van der Waals surface area contributed by atoms with Gasteiger partial charge in [0.1, 0.15) is 12.1 Å². The van der Waals surface area contributed by atoms with Gasteiger partial charge >= 0.3 is 0 Å². The van der Waals surface area contributed by atoms with Crippen molar-refractivity contribution in [3.63, 3.8) is 0 Å². The van der Waals surface area contributed by atoms with Gasteiger partial charge in [-0.3, -0.25) is 14.2 Å². The standard InChI is InChI=1S/C30H31F2N5O4/c31-30(32)11-10-23(24(16-30)21-4-2-1-3-5-21)27(38)36-14-12-29(40,13-15-36)18-37-19-35-26(25(34)28(37)39)41-22-8-6-20(17-33)7-9-22/h1-9,19,23-24,40H,10-16,18,34H2/t23-,24+/m1/s1. The summed E-state index contributed by atoms with van der Waals surface area (Å²) in [5.74, 6) is -3.86. The number of piperidine rings is 1. The van der Waals surface area contributed by atoms with Gasteiger partial charge in [-0.1, -0.05) is 30.3 Å². The van der Waals surface area contributed by atoms with E-state index >= 15 is 0 Å². The second kappa shape index (κ2) is 11.3. The van der Waals surface area contributed by atoms with Crippen LogP contribution in [0.5, 0.6) is 11.6 Å². The van der Waals surface area contributed by atoms with E-state index in [-0.39, 0.29) is 69.2 Å². The lowest BCUT2D eigenvalue weighted by Crippen LogP contribution is -2.52. The molecule has 1 amide bonds. The maximum absolute atomic E-state index is 14.3. The van der Waals surface area contributed by atoms with Crippen LogP contribution in [0.15, 0.2) is 65.7 Å². The highest BCUT2D eigenvalue weighted by Crippen LogP contribution is 2.46. The van der Waals surface area contributed by atoms with Crippen LogP contribution in [0.4, 0.5) is 14.5 Å². The molecular formula is C30H31F2N5O4. The normalized spacial score (nSPS) is 21.6. The average molecular weight is 564 g/mol. The summed E-state index contributed by atoms with van der Waals surface area (Å²) in [7, 11) is 0. The van der Waals surface area contributed by atoms with Crippen LogP contribution in [0.25, 0.3) is 0 Å². The number of halogens is 2. The predicted molar refractivity (Wildman–Crippen MR) is 146 cm³/mol. The molecule has 2 heterocycles. The van der Waals surface area contributed by atoms with Crippen LogP contribution >= 0.6 is 0 Å². The monoisotopic (exact) mass is 563 g/mol. The lowest BCUT2D eigenvalue weighted by Gasteiger charge is -2.42. The average Bonchev–Trinajstić information content (AvgIpc) is 2.97. The molecule has 0 radical (unpaired) electrons. The Kier molecular flexibility index (Phi) is 7.78. The van der Waals surface area contributed by atoms with E-state index in [2.05, 4.69) is 4.98 Å². The van der Waals surface area contributed by atoms with Gasteiger partial charge in [-0.25, -0.2) is 13.8 Å². The molecule has 41 heavy (non-hydrogen) atoms. The first-order valence-electron chi connectivity index (χ1n) is 13.5. The lowest BCUT2D eigenvalue weighted by molar-refractivity contribution is -0.145. The summed E-state index contributed by atoms with van der Waals surface area (Å²) < 4.78 is 35.5. The van der Waals surface area contributed by atoms with Gasteiger partial charge in [0.05, 0.1) is 23.8 Å². The largest absolute Gasteiger partial charge is 0.437 e. The molecule has 214 valence electrons. The maximum atomic E-state index is 14.3. The molecule has 11 heteroatoms. The number of carbonyl (C=O) groups is 1. The van der Waals surface area contributed by atoms with Crippen LogP contribution in [-0.2, 0) is 11.3 Å². The molecule has 2 atom stereocenters. The summed E-state index contributed by atoms with van der Waals surface area (Å²) in [6, 6.07) is 17.2. The summed E-state index contributed by atoms with van der Waals surface area (Å²) in [5, 5.41) is 20.2. The minimum Gasteiger partial charge on any atom is -0.437 e. The number of amides is 1. The quantitative estimate of drug-likeness (QED) is 0.462. The summed E-state index contributed by atoms with van der Waals surface area (Å²) in [6.45, 7) is 0.396. The number of ether oxygens (including phenoxy) is 1. The second-order valence-electron chi connectivity index (χ2n) is 10.9. The number of likely N-dealkylation sites (tertiary alicyclic amines) is 1. The Balaban J connectivity index is 1.24. The van der Waals surface area contributed by atoms with Crippen LogP contribution in [0.1, 0.15) is 49.1 Å². The lowest BCUT2D eigenvalue weighted by atomic mass is 9.73. The van der Waals surface area contributed by atoms with E-state index in [0.29, 0.717) is 11.3 Å². The third-order valence-corrected chi connectivity index (χ3v) is 8.07. The summed E-state index contributed by atoms with van der Waals surface area (Å²) >= 11 is 0. The number of nitriles is 1. The van der Waals surface area contributed by atoms with Crippen LogP contribution in [-0.4, -0.2) is 50.1 Å². The van der Waals surface area contributed by atoms with E-state index in [0.717, 1.165) is 5.56 Å². The first-order chi connectivity index (χ1) is 19.6. The number of nitrogens with two attached hydrogens (primary N) is 1. The number of nitrogen functional groups attached to an aromatic ring is 1. The van der Waals surface area contributed by atoms with E-state index in [4.69, 9.17) is 15.7 Å². The van der Waals surface area contributed by atoms with Gasteiger partial charge in [0.2, 0.25) is 17.7 Å². The highest BCUT2D eigenvalue weighted by Gasteiger charge is 2.46. The second-order valence-corrected chi connectivity index (χ2v) is 10.9. The predicted octanol–water partition coefficient (Wildman–Crippen LogP) is 4.06. The molecule has 0 spiro atoms. The number of aliphatic hydroxyl groups is 1. The number of alkyl halides is 2. The molecule has 2 fully saturated rings. The number of carbonyl (C=O) groups excluding carboxylic acids is 1. The van der Waals surface area contributed by atoms with E-state index in [1.807, 2.05) is 12.1 Å². The van der Waals surface area contributed by atoms with Crippen LogP contribution in [0.2, 0.25) is 0 Å². The van der Waals surface area contributed by atoms with Gasteiger partial charge in [-0.2, -0.15) is 5.26 Å². The van der Waals surface area contributed by atoms with Gasteiger partial charge in [-0.15, -0.1) is 0 Å². The topological polar surface area (TPSA) is 134 Å². The molecule has 9 nitrogen and oxygen atoms in total. The number of nitrogens with zero attached hydrogens (tertiary/aromatic N) is 4. The molecule has 2 aliphatic rings. The van der Waals surface area contributed by atoms with E-state index in [1.165, 1.54) is 10.9 Å². The molecule has 5 rings (SSSR count). The van der Waals surface area contributed by atoms with Gasteiger partial charge < -0.3 is 20.5 Å². The molecule has 1 aliphatic heterocycles. The van der Waals surface area contributed by atoms with Crippen molar-refractivity contribution in [2.24, 2.45) is 5.92 Å². The van der Waals surface area contributed by atoms with Gasteiger partial charge in [0.15, 0.2) is 5.69 Å². The highest BCUT2D eigenvalue weighted by atomic mass is 19.3. The first kappa shape index (κ1) is 28.2. The van der Waals surface area contributed by atoms with E-state index in [9.17, 15) is 23.5 Å². The molecular weight excluding hydrogens is 532 g/mol. The highest BCUT2D eigenvalue weighted by molar-refractivity contribution is 5.80. The van der Waals surface area contributed by atoms with Crippen molar-refractivity contribution >= 4 is 11.6 Å². The number of benzene rings is 2. The summed E-state index contributed by atoms with van der Waals surface area (Å²) in [4.78, 5) is 32.2. The van der Waals surface area contributed by atoms with Crippen molar-refractivity contribution in [1.82, 2.24) is 14.5 Å². The number of hydrogen-bond acceptors (Lipinski definition) is 7. The number of hydrogen-bond donors (Lipinski definition) is 2. The van der Waals surface area contributed by atoms with Crippen molar-refractivity contribution in [3.05, 3.63) is 82.4 Å². The van der Waals surface area contributed by atoms with Gasteiger partial charge in [-0.05, 0) is 49.1 Å². The third kappa shape index (κ3) is 6.23. The smallest absolute Gasteiger partial charge is 0.280 e. The van der Waals surface area contributed by atoms with E-state index in [1.54, 1.807) is 53.4 Å². The van der Waals surface area contributed by atoms with Crippen LogP contribution < -0.4 is 16.0 Å². The summed E-state index contributed by atoms with van der Waals surface area (Å²) in [6.07, 6.45) is 1.06. The van der Waals surface area contributed by atoms with E-state index < -0.39 is 28.9 Å². The van der Waals surface area contributed by atoms with Crippen molar-refractivity contribution in [1.29, 1.82) is 5.26 Å². The summed E-state index contributed by atoms with van der Waals surface area (Å²) in [5.41, 5.74) is 5.08. The van der Waals surface area contributed by atoms with Crippen molar-refractivity contribution in [2.45, 2.75) is 56.1 Å². The Bertz CT molecular complexity index is 1500.